The third kappa shape index (κ3) is 3.46. The molecule has 0 atom stereocenters. The Balaban J connectivity index is 2.90. The lowest BCUT2D eigenvalue weighted by atomic mass is 10.5. The first-order chi connectivity index (χ1) is 6.39. The molecule has 1 heterocycles. The van der Waals surface area contributed by atoms with Crippen molar-refractivity contribution in [1.29, 1.82) is 0 Å². The summed E-state index contributed by atoms with van der Waals surface area (Å²) in [6.45, 7) is 0. The molecule has 0 radical (unpaired) electrons. The number of aromatic nitrogens is 2. The summed E-state index contributed by atoms with van der Waals surface area (Å²) >= 11 is 16.9. The van der Waals surface area contributed by atoms with Gasteiger partial charge < -0.3 is 5.43 Å². The van der Waals surface area contributed by atoms with E-state index in [-0.39, 0.29) is 5.82 Å². The van der Waals surface area contributed by atoms with Crippen LogP contribution in [0.15, 0.2) is 12.3 Å². The van der Waals surface area contributed by atoms with E-state index in [1.807, 2.05) is 14.1 Å². The molecule has 0 aromatic carbocycles. The van der Waals surface area contributed by atoms with E-state index in [2.05, 4.69) is 15.4 Å². The van der Waals surface area contributed by atoms with Crippen LogP contribution in [0.1, 0.15) is 5.82 Å². The van der Waals surface area contributed by atoms with E-state index in [1.165, 1.54) is 6.20 Å². The topological polar surface area (TPSA) is 41.0 Å². The van der Waals surface area contributed by atoms with E-state index in [1.54, 1.807) is 11.1 Å². The summed E-state index contributed by atoms with van der Waals surface area (Å²) in [6.07, 6.45) is 1.52. The number of nitrogens with one attached hydrogen (secondary N) is 1. The number of hydrogen-bond acceptors (Lipinski definition) is 4. The smallest absolute Gasteiger partial charge is 0.250 e. The van der Waals surface area contributed by atoms with Crippen molar-refractivity contribution >= 4 is 40.6 Å². The van der Waals surface area contributed by atoms with Crippen LogP contribution >= 0.6 is 34.8 Å². The molecular formula is C7H9Cl3N4. The van der Waals surface area contributed by atoms with Gasteiger partial charge in [-0.15, -0.1) is 0 Å². The van der Waals surface area contributed by atoms with Crippen LogP contribution in [0.4, 0.5) is 5.82 Å². The van der Waals surface area contributed by atoms with Gasteiger partial charge in [-0.25, -0.2) is 15.0 Å². The molecule has 4 nitrogen and oxygen atoms in total. The van der Waals surface area contributed by atoms with Gasteiger partial charge in [0.05, 0.1) is 0 Å². The summed E-state index contributed by atoms with van der Waals surface area (Å²) in [5, 5.41) is 1.73. The number of hydrogen-bond donors (Lipinski definition) is 1. The minimum atomic E-state index is -1.59. The maximum absolute atomic E-state index is 5.63. The van der Waals surface area contributed by atoms with Gasteiger partial charge in [-0.2, -0.15) is 0 Å². The standard InChI is InChI=1S/C7H9Cl3N4/c1-14(2)13-5-3-4-11-6(12-5)7(8,9)10/h3-4H,1-2H3,(H,11,12,13). The van der Waals surface area contributed by atoms with Crippen molar-refractivity contribution in [2.45, 2.75) is 3.79 Å². The Labute approximate surface area is 97.2 Å². The highest BCUT2D eigenvalue weighted by atomic mass is 35.6. The number of hydrazine groups is 1. The highest BCUT2D eigenvalue weighted by Crippen LogP contribution is 2.35. The molecule has 1 N–H and O–H groups in total. The molecule has 0 aliphatic heterocycles. The van der Waals surface area contributed by atoms with Crippen LogP contribution in [0.25, 0.3) is 0 Å². The summed E-state index contributed by atoms with van der Waals surface area (Å²) < 4.78 is -1.59. The van der Waals surface area contributed by atoms with Gasteiger partial charge >= 0.3 is 0 Å². The first-order valence-corrected chi connectivity index (χ1v) is 4.87. The molecular weight excluding hydrogens is 246 g/mol. The molecule has 0 spiro atoms. The fraction of sp³-hybridized carbons (Fsp3) is 0.429. The number of rotatable bonds is 2. The van der Waals surface area contributed by atoms with Crippen LogP contribution in [0.5, 0.6) is 0 Å². The van der Waals surface area contributed by atoms with Crippen LogP contribution in [-0.2, 0) is 3.79 Å². The largest absolute Gasteiger partial charge is 0.304 e. The van der Waals surface area contributed by atoms with Gasteiger partial charge in [0.15, 0.2) is 5.82 Å². The highest BCUT2D eigenvalue weighted by molar-refractivity contribution is 6.66. The molecule has 78 valence electrons. The lowest BCUT2D eigenvalue weighted by Gasteiger charge is -2.14. The van der Waals surface area contributed by atoms with E-state index < -0.39 is 3.79 Å². The Morgan fingerprint density at radius 3 is 2.50 bits per heavy atom. The third-order valence-corrected chi connectivity index (χ3v) is 1.75. The molecule has 0 aliphatic rings. The molecule has 0 bridgehead atoms. The van der Waals surface area contributed by atoms with Gasteiger partial charge in [0.25, 0.3) is 0 Å². The molecule has 1 rings (SSSR count). The monoisotopic (exact) mass is 254 g/mol. The van der Waals surface area contributed by atoms with Crippen molar-refractivity contribution in [3.8, 4) is 0 Å². The van der Waals surface area contributed by atoms with Crippen molar-refractivity contribution in [3.63, 3.8) is 0 Å². The summed E-state index contributed by atoms with van der Waals surface area (Å²) in [5.74, 6) is 0.723. The van der Waals surface area contributed by atoms with Gasteiger partial charge in [0.2, 0.25) is 3.79 Å². The summed E-state index contributed by atoms with van der Waals surface area (Å²) in [4.78, 5) is 7.88. The number of alkyl halides is 3. The molecule has 1 aromatic rings. The Kier molecular flexibility index (Phi) is 3.78. The molecule has 0 fully saturated rings. The predicted octanol–water partition coefficient (Wildman–Crippen LogP) is 2.19. The van der Waals surface area contributed by atoms with E-state index >= 15 is 0 Å². The average molecular weight is 256 g/mol. The molecule has 0 aliphatic carbocycles. The lowest BCUT2D eigenvalue weighted by Crippen LogP contribution is -2.21. The Bertz CT molecular complexity index is 310. The molecule has 1 aromatic heterocycles. The summed E-state index contributed by atoms with van der Waals surface area (Å²) in [7, 11) is 3.66. The molecule has 14 heavy (non-hydrogen) atoms. The summed E-state index contributed by atoms with van der Waals surface area (Å²) in [6, 6.07) is 1.68. The zero-order valence-corrected chi connectivity index (χ0v) is 9.90. The maximum atomic E-state index is 5.63. The van der Waals surface area contributed by atoms with Gasteiger partial charge in [-0.3, -0.25) is 0 Å². The Morgan fingerprint density at radius 2 is 2.00 bits per heavy atom. The fourth-order valence-corrected chi connectivity index (χ4v) is 1.06. The SMILES string of the molecule is CN(C)Nc1ccnc(C(Cl)(Cl)Cl)n1. The molecule has 0 saturated carbocycles. The Morgan fingerprint density at radius 1 is 1.36 bits per heavy atom. The van der Waals surface area contributed by atoms with Crippen LogP contribution in [0, 0.1) is 0 Å². The van der Waals surface area contributed by atoms with Crippen molar-refractivity contribution in [1.82, 2.24) is 15.0 Å². The summed E-state index contributed by atoms with van der Waals surface area (Å²) in [5.41, 5.74) is 2.92. The molecule has 7 heteroatoms. The quantitative estimate of drug-likeness (QED) is 0.650. The van der Waals surface area contributed by atoms with Gasteiger partial charge in [-0.1, -0.05) is 34.8 Å². The van der Waals surface area contributed by atoms with Crippen LogP contribution < -0.4 is 5.43 Å². The van der Waals surface area contributed by atoms with Crippen LogP contribution in [-0.4, -0.2) is 29.1 Å². The van der Waals surface area contributed by atoms with E-state index in [0.717, 1.165) is 0 Å². The first-order valence-electron chi connectivity index (χ1n) is 3.74. The molecule has 0 unspecified atom stereocenters. The van der Waals surface area contributed by atoms with Crippen molar-refractivity contribution in [2.75, 3.05) is 19.5 Å². The van der Waals surface area contributed by atoms with Crippen LogP contribution in [0.2, 0.25) is 0 Å². The first kappa shape index (κ1) is 11.8. The van der Waals surface area contributed by atoms with E-state index in [0.29, 0.717) is 5.82 Å². The van der Waals surface area contributed by atoms with Crippen molar-refractivity contribution < 1.29 is 0 Å². The average Bonchev–Trinajstić information content (AvgIpc) is 2.01. The predicted molar refractivity (Wildman–Crippen MR) is 58.6 cm³/mol. The van der Waals surface area contributed by atoms with Gasteiger partial charge in [0, 0.05) is 26.4 Å². The minimum Gasteiger partial charge on any atom is -0.304 e. The lowest BCUT2D eigenvalue weighted by molar-refractivity contribution is 0.491. The maximum Gasteiger partial charge on any atom is 0.250 e. The van der Waals surface area contributed by atoms with Gasteiger partial charge in [-0.05, 0) is 0 Å². The zero-order chi connectivity index (χ0) is 10.8. The minimum absolute atomic E-state index is 0.148. The molecule has 0 saturated heterocycles. The van der Waals surface area contributed by atoms with E-state index in [4.69, 9.17) is 34.8 Å². The van der Waals surface area contributed by atoms with Crippen molar-refractivity contribution in [3.05, 3.63) is 18.1 Å². The Hall–Kier alpha value is -0.290. The number of nitrogens with zero attached hydrogens (tertiary/aromatic N) is 3. The second-order valence-corrected chi connectivity index (χ2v) is 5.05. The second kappa shape index (κ2) is 4.49. The highest BCUT2D eigenvalue weighted by Gasteiger charge is 2.26. The van der Waals surface area contributed by atoms with Crippen molar-refractivity contribution in [2.24, 2.45) is 0 Å². The number of anilines is 1. The fourth-order valence-electron chi connectivity index (χ4n) is 0.787. The second-order valence-electron chi connectivity index (χ2n) is 2.77. The molecule has 0 amide bonds. The third-order valence-electron chi connectivity index (χ3n) is 1.25. The normalized spacial score (nSPS) is 11.9. The number of halogens is 3. The van der Waals surface area contributed by atoms with Crippen LogP contribution in [0.3, 0.4) is 0 Å². The van der Waals surface area contributed by atoms with E-state index in [9.17, 15) is 0 Å². The van der Waals surface area contributed by atoms with Gasteiger partial charge in [0.1, 0.15) is 5.82 Å². The zero-order valence-electron chi connectivity index (χ0n) is 7.63.